The zero-order valence-electron chi connectivity index (χ0n) is 7.05. The fraction of sp³-hybridized carbons (Fsp3) is 0. The van der Waals surface area contributed by atoms with Gasteiger partial charge in [0.15, 0.2) is 0 Å². The molecule has 0 amide bonds. The van der Waals surface area contributed by atoms with Crippen LogP contribution in [-0.2, 0) is 0 Å². The standard InChI is InChI=1S/C8H4BClN4/c10-7-1-2-8(13-9-7)14-4-6(3-11)12-5-14/h1-2,4-5H. The first-order chi connectivity index (χ1) is 6.79. The maximum absolute atomic E-state index is 8.57. The predicted molar refractivity (Wildman–Crippen MR) is 52.4 cm³/mol. The molecule has 2 aromatic heterocycles. The molecule has 0 aromatic carbocycles. The minimum atomic E-state index is 0.363. The first-order valence-electron chi connectivity index (χ1n) is 3.85. The van der Waals surface area contributed by atoms with Gasteiger partial charge in [-0.05, 0) is 0 Å². The summed E-state index contributed by atoms with van der Waals surface area (Å²) in [4.78, 5) is 8.52. The molecule has 0 aliphatic heterocycles. The zero-order chi connectivity index (χ0) is 9.97. The Hall–Kier alpha value is -1.67. The molecule has 0 bridgehead atoms. The molecule has 0 aliphatic rings. The van der Waals surface area contributed by atoms with E-state index < -0.39 is 0 Å². The van der Waals surface area contributed by atoms with Crippen LogP contribution < -0.4 is 0 Å². The third kappa shape index (κ3) is 1.65. The van der Waals surface area contributed by atoms with Crippen LogP contribution in [0.4, 0.5) is 0 Å². The number of nitrogens with zero attached hydrogens (tertiary/aromatic N) is 4. The summed E-state index contributed by atoms with van der Waals surface area (Å²) in [7, 11) is 1.54. The predicted octanol–water partition coefficient (Wildman–Crippen LogP) is 1.13. The van der Waals surface area contributed by atoms with Crippen molar-refractivity contribution in [3.63, 3.8) is 0 Å². The Morgan fingerprint density at radius 3 is 2.93 bits per heavy atom. The Balaban J connectivity index is 2.40. The molecule has 0 unspecified atom stereocenters. The van der Waals surface area contributed by atoms with Gasteiger partial charge in [-0.15, -0.1) is 0 Å². The van der Waals surface area contributed by atoms with E-state index in [2.05, 4.69) is 9.88 Å². The van der Waals surface area contributed by atoms with Gasteiger partial charge in [-0.1, -0.05) is 0 Å². The summed E-state index contributed by atoms with van der Waals surface area (Å²) in [6, 6.07) is 5.43. The van der Waals surface area contributed by atoms with E-state index in [0.717, 1.165) is 0 Å². The first-order valence-corrected chi connectivity index (χ1v) is 4.23. The fourth-order valence-corrected chi connectivity index (χ4v) is 1.14. The van der Waals surface area contributed by atoms with Gasteiger partial charge in [-0.2, -0.15) is 0 Å². The minimum absolute atomic E-state index is 0.363. The van der Waals surface area contributed by atoms with E-state index >= 15 is 0 Å². The van der Waals surface area contributed by atoms with Crippen LogP contribution in [0.15, 0.2) is 24.7 Å². The van der Waals surface area contributed by atoms with Crippen molar-refractivity contribution < 1.29 is 0 Å². The topological polar surface area (TPSA) is 54.5 Å². The van der Waals surface area contributed by atoms with Gasteiger partial charge in [0, 0.05) is 0 Å². The number of aromatic nitrogens is 3. The van der Waals surface area contributed by atoms with Crippen molar-refractivity contribution in [2.45, 2.75) is 0 Å². The van der Waals surface area contributed by atoms with E-state index in [1.807, 2.05) is 6.07 Å². The van der Waals surface area contributed by atoms with Crippen molar-refractivity contribution in [1.82, 2.24) is 14.4 Å². The van der Waals surface area contributed by atoms with Crippen LogP contribution >= 0.6 is 11.6 Å². The van der Waals surface area contributed by atoms with E-state index in [-0.39, 0.29) is 0 Å². The molecular formula is C8H4BClN4. The van der Waals surface area contributed by atoms with Gasteiger partial charge in [0.2, 0.25) is 0 Å². The number of imidazole rings is 1. The van der Waals surface area contributed by atoms with Crippen LogP contribution in [0.5, 0.6) is 0 Å². The SMILES string of the molecule is N#Cc1cn(-c2ccc(Cl)bn2)cn1. The van der Waals surface area contributed by atoms with Crippen LogP contribution in [0.2, 0.25) is 4.92 Å². The van der Waals surface area contributed by atoms with Gasteiger partial charge in [0.1, 0.15) is 0 Å². The molecule has 6 heteroatoms. The average molecular weight is 202 g/mol. The molecule has 0 spiro atoms. The second-order valence-corrected chi connectivity index (χ2v) is 3.05. The molecule has 2 aromatic rings. The quantitative estimate of drug-likeness (QED) is 0.696. The van der Waals surface area contributed by atoms with Crippen LogP contribution in [0, 0.1) is 11.3 Å². The molecule has 0 aliphatic carbocycles. The van der Waals surface area contributed by atoms with Crippen molar-refractivity contribution in [3.05, 3.63) is 35.3 Å². The third-order valence-electron chi connectivity index (χ3n) is 1.67. The van der Waals surface area contributed by atoms with E-state index in [0.29, 0.717) is 16.4 Å². The summed E-state index contributed by atoms with van der Waals surface area (Å²) >= 11 is 5.69. The van der Waals surface area contributed by atoms with E-state index in [9.17, 15) is 0 Å². The van der Waals surface area contributed by atoms with Crippen molar-refractivity contribution >= 4 is 18.7 Å². The molecular weight excluding hydrogens is 198 g/mol. The van der Waals surface area contributed by atoms with Crippen molar-refractivity contribution in [2.75, 3.05) is 0 Å². The van der Waals surface area contributed by atoms with Crippen LogP contribution in [0.25, 0.3) is 5.82 Å². The van der Waals surface area contributed by atoms with E-state index in [1.165, 1.54) is 6.33 Å². The van der Waals surface area contributed by atoms with Gasteiger partial charge < -0.3 is 0 Å². The van der Waals surface area contributed by atoms with Crippen molar-refractivity contribution in [2.24, 2.45) is 0 Å². The average Bonchev–Trinajstić information content (AvgIpc) is 2.67. The van der Waals surface area contributed by atoms with Crippen molar-refractivity contribution in [3.8, 4) is 11.9 Å². The number of hydrogen-bond donors (Lipinski definition) is 0. The molecule has 0 N–H and O–H groups in total. The van der Waals surface area contributed by atoms with Gasteiger partial charge in [-0.3, -0.25) is 0 Å². The number of hydrogen-bond acceptors (Lipinski definition) is 3. The molecule has 66 valence electrons. The normalized spacial score (nSPS) is 9.43. The second-order valence-electron chi connectivity index (χ2n) is 2.61. The van der Waals surface area contributed by atoms with E-state index in [4.69, 9.17) is 16.9 Å². The summed E-state index contributed by atoms with van der Waals surface area (Å²) in [6.45, 7) is 0. The molecule has 4 nitrogen and oxygen atoms in total. The number of halogens is 1. The Morgan fingerprint density at radius 2 is 2.36 bits per heavy atom. The first kappa shape index (κ1) is 8.91. The molecule has 0 saturated carbocycles. The van der Waals surface area contributed by atoms with Crippen molar-refractivity contribution in [1.29, 1.82) is 5.26 Å². The number of rotatable bonds is 1. The molecule has 0 radical (unpaired) electrons. The van der Waals surface area contributed by atoms with E-state index in [1.54, 1.807) is 29.9 Å². The van der Waals surface area contributed by atoms with Gasteiger partial charge in [-0.25, -0.2) is 0 Å². The van der Waals surface area contributed by atoms with Gasteiger partial charge in [0.25, 0.3) is 0 Å². The molecule has 0 saturated heterocycles. The summed E-state index contributed by atoms with van der Waals surface area (Å²) < 4.78 is 1.66. The summed E-state index contributed by atoms with van der Waals surface area (Å²) in [5.74, 6) is 0.684. The van der Waals surface area contributed by atoms with Crippen LogP contribution in [-0.4, -0.2) is 21.5 Å². The van der Waals surface area contributed by atoms with Gasteiger partial charge in [0.05, 0.1) is 0 Å². The molecule has 14 heavy (non-hydrogen) atoms. The van der Waals surface area contributed by atoms with Crippen LogP contribution in [0.1, 0.15) is 5.69 Å². The number of nitriles is 1. The zero-order valence-corrected chi connectivity index (χ0v) is 7.81. The summed E-state index contributed by atoms with van der Waals surface area (Å²) in [6.07, 6.45) is 3.14. The molecule has 0 fully saturated rings. The Labute approximate surface area is 86.0 Å². The van der Waals surface area contributed by atoms with Gasteiger partial charge >= 0.3 is 85.5 Å². The fourth-order valence-electron chi connectivity index (χ4n) is 1.03. The molecule has 0 atom stereocenters. The van der Waals surface area contributed by atoms with Crippen LogP contribution in [0.3, 0.4) is 0 Å². The summed E-state index contributed by atoms with van der Waals surface area (Å²) in [5.41, 5.74) is 0.363. The Kier molecular flexibility index (Phi) is 2.29. The third-order valence-corrected chi connectivity index (χ3v) is 1.90. The monoisotopic (exact) mass is 202 g/mol. The summed E-state index contributed by atoms with van der Waals surface area (Å²) in [5, 5.41) is 8.57. The molecule has 2 heterocycles. The maximum atomic E-state index is 8.57. The Bertz CT molecular complexity index is 485. The molecule has 2 rings (SSSR count). The Morgan fingerprint density at radius 1 is 1.50 bits per heavy atom. The second kappa shape index (κ2) is 3.60.